The lowest BCUT2D eigenvalue weighted by Gasteiger charge is -2.36. The molecule has 6 rings (SSSR count). The van der Waals surface area contributed by atoms with E-state index in [1.54, 1.807) is 12.1 Å². The minimum absolute atomic E-state index is 0.00913. The van der Waals surface area contributed by atoms with Gasteiger partial charge in [0.05, 0.1) is 10.6 Å². The van der Waals surface area contributed by atoms with Crippen LogP contribution >= 0.6 is 23.4 Å². The van der Waals surface area contributed by atoms with Crippen LogP contribution in [-0.4, -0.2) is 95.7 Å². The number of nitrogens with one attached hydrogen (secondary N) is 2. The molecule has 17 heteroatoms. The van der Waals surface area contributed by atoms with Crippen molar-refractivity contribution < 1.29 is 34.8 Å². The van der Waals surface area contributed by atoms with Crippen LogP contribution in [0.5, 0.6) is 0 Å². The average Bonchev–Trinajstić information content (AvgIpc) is 3.28. The third kappa shape index (κ3) is 12.8. The molecule has 2 N–H and O–H groups in total. The van der Waals surface area contributed by atoms with Gasteiger partial charge in [-0.2, -0.15) is 13.2 Å². The summed E-state index contributed by atoms with van der Waals surface area (Å²) in [5, 5.41) is 3.69. The van der Waals surface area contributed by atoms with Gasteiger partial charge in [0.1, 0.15) is 4.90 Å². The molecule has 1 saturated heterocycles. The standard InChI is InChI=1S/C47H53ClF3N5O5S3/c1-3-25-54(26-4-2)27-24-39(34-62-41-11-6-5-7-12-41)52-44-23-22-42(32-45(44)63(58,59)47(49,50)51)64(60,61)53-46(57)36-16-20-40(21-17-36)56-30-28-55(29-31-56)33-37-10-8-9-13-43(37)35-14-18-38(48)19-15-35/h5-23,32,39,52H,3-4,24-31,33-34H2,1-2H3,(H,53,57)/t39-/m1/s1. The number of nitrogens with zero attached hydrogens (tertiary/aromatic N) is 3. The van der Waals surface area contributed by atoms with Crippen LogP contribution in [0.15, 0.2) is 136 Å². The number of amides is 1. The summed E-state index contributed by atoms with van der Waals surface area (Å²) in [7, 11) is -10.9. The average molecular weight is 957 g/mol. The van der Waals surface area contributed by atoms with Crippen molar-refractivity contribution in [2.45, 2.75) is 65.9 Å². The highest BCUT2D eigenvalue weighted by molar-refractivity contribution is 7.99. The third-order valence-electron chi connectivity index (χ3n) is 10.9. The normalized spacial score (nSPS) is 14.4. The Morgan fingerprint density at radius 1 is 0.797 bits per heavy atom. The molecule has 0 radical (unpaired) electrons. The lowest BCUT2D eigenvalue weighted by atomic mass is 9.99. The number of hydrogen-bond acceptors (Lipinski definition) is 10. The number of rotatable bonds is 20. The molecular formula is C47H53ClF3N5O5S3. The largest absolute Gasteiger partial charge is 0.501 e. The van der Waals surface area contributed by atoms with Gasteiger partial charge < -0.3 is 15.1 Å². The fourth-order valence-corrected chi connectivity index (χ4v) is 10.8. The maximum absolute atomic E-state index is 14.2. The second-order valence-corrected chi connectivity index (χ2v) is 20.7. The summed E-state index contributed by atoms with van der Waals surface area (Å²) in [5.41, 5.74) is -1.88. The zero-order valence-corrected chi connectivity index (χ0v) is 38.9. The van der Waals surface area contributed by atoms with Crippen molar-refractivity contribution >= 4 is 60.5 Å². The minimum Gasteiger partial charge on any atom is -0.380 e. The number of alkyl halides is 3. The first-order chi connectivity index (χ1) is 30.6. The second-order valence-electron chi connectivity index (χ2n) is 15.6. The van der Waals surface area contributed by atoms with Crippen molar-refractivity contribution in [3.05, 3.63) is 137 Å². The van der Waals surface area contributed by atoms with Gasteiger partial charge in [0.25, 0.3) is 25.8 Å². The van der Waals surface area contributed by atoms with E-state index in [1.807, 2.05) is 71.5 Å². The number of sulfonamides is 1. The highest BCUT2D eigenvalue weighted by Crippen LogP contribution is 2.37. The van der Waals surface area contributed by atoms with Gasteiger partial charge in [0.15, 0.2) is 0 Å². The molecule has 1 atom stereocenters. The Balaban J connectivity index is 1.13. The SMILES string of the molecule is CCCN(CCC)CC[C@H](CSc1ccccc1)Nc1ccc(S(=O)(=O)NC(=O)c2ccc(N3CCN(Cc4ccccc4-c4ccc(Cl)cc4)CC3)cc2)cc1S(=O)(=O)C(F)(F)F. The first-order valence-corrected chi connectivity index (χ1v) is 25.5. The molecule has 1 heterocycles. The topological polar surface area (TPSA) is 119 Å². The van der Waals surface area contributed by atoms with Crippen LogP contribution in [0.1, 0.15) is 49.0 Å². The molecule has 0 unspecified atom stereocenters. The Morgan fingerprint density at radius 2 is 1.44 bits per heavy atom. The van der Waals surface area contributed by atoms with Crippen molar-refractivity contribution in [3.63, 3.8) is 0 Å². The summed E-state index contributed by atoms with van der Waals surface area (Å²) >= 11 is 7.58. The number of anilines is 2. The Hall–Kier alpha value is -4.58. The fourth-order valence-electron chi connectivity index (χ4n) is 7.61. The number of carbonyl (C=O) groups excluding carboxylic acids is 1. The number of hydrogen-bond donors (Lipinski definition) is 2. The van der Waals surface area contributed by atoms with Crippen LogP contribution in [0, 0.1) is 0 Å². The number of halogens is 4. The van der Waals surface area contributed by atoms with Crippen molar-refractivity contribution in [2.24, 2.45) is 0 Å². The van der Waals surface area contributed by atoms with Crippen LogP contribution in [0.2, 0.25) is 5.02 Å². The molecule has 342 valence electrons. The predicted octanol–water partition coefficient (Wildman–Crippen LogP) is 9.83. The molecule has 1 fully saturated rings. The fraction of sp³-hybridized carbons (Fsp3) is 0.340. The molecule has 64 heavy (non-hydrogen) atoms. The Bertz CT molecular complexity index is 2540. The first-order valence-electron chi connectivity index (χ1n) is 21.2. The van der Waals surface area contributed by atoms with Crippen LogP contribution in [0.4, 0.5) is 24.5 Å². The van der Waals surface area contributed by atoms with Crippen molar-refractivity contribution in [3.8, 4) is 11.1 Å². The molecule has 1 aliphatic heterocycles. The summed E-state index contributed by atoms with van der Waals surface area (Å²) in [6.07, 6.45) is 2.28. The summed E-state index contributed by atoms with van der Waals surface area (Å²) in [6.45, 7) is 10.1. The van der Waals surface area contributed by atoms with Gasteiger partial charge in [0.2, 0.25) is 0 Å². The molecule has 1 aliphatic rings. The van der Waals surface area contributed by atoms with Crippen LogP contribution in [0.3, 0.4) is 0 Å². The molecule has 1 amide bonds. The van der Waals surface area contributed by atoms with Gasteiger partial charge in [0, 0.05) is 72.2 Å². The lowest BCUT2D eigenvalue weighted by molar-refractivity contribution is -0.0435. The maximum Gasteiger partial charge on any atom is 0.501 e. The van der Waals surface area contributed by atoms with E-state index in [0.717, 1.165) is 79.4 Å². The van der Waals surface area contributed by atoms with E-state index in [9.17, 15) is 34.8 Å². The van der Waals surface area contributed by atoms with Gasteiger partial charge in [-0.3, -0.25) is 9.69 Å². The van der Waals surface area contributed by atoms with Crippen LogP contribution < -0.4 is 14.9 Å². The summed E-state index contributed by atoms with van der Waals surface area (Å²) in [5.74, 6) is -0.645. The Labute approximate surface area is 384 Å². The highest BCUT2D eigenvalue weighted by atomic mass is 35.5. The maximum atomic E-state index is 14.2. The molecule has 0 saturated carbocycles. The summed E-state index contributed by atoms with van der Waals surface area (Å²) in [6, 6.07) is 33.8. The number of benzene rings is 5. The number of carbonyl (C=O) groups is 1. The molecule has 5 aromatic rings. The number of piperazine rings is 1. The number of thioether (sulfide) groups is 1. The van der Waals surface area contributed by atoms with Gasteiger partial charge in [-0.25, -0.2) is 21.6 Å². The first kappa shape index (κ1) is 48.9. The minimum atomic E-state index is -6.05. The van der Waals surface area contributed by atoms with Crippen molar-refractivity contribution in [2.75, 3.05) is 61.8 Å². The predicted molar refractivity (Wildman–Crippen MR) is 251 cm³/mol. The van der Waals surface area contributed by atoms with E-state index in [1.165, 1.54) is 29.5 Å². The summed E-state index contributed by atoms with van der Waals surface area (Å²) < 4.78 is 97.8. The smallest absolute Gasteiger partial charge is 0.380 e. The van der Waals surface area contributed by atoms with Gasteiger partial charge in [-0.05, 0) is 116 Å². The molecule has 0 spiro atoms. The molecule has 5 aromatic carbocycles. The zero-order chi connectivity index (χ0) is 45.9. The molecule has 0 aromatic heterocycles. The third-order valence-corrected chi connectivity index (χ3v) is 15.2. The Kier molecular flexibility index (Phi) is 16.9. The zero-order valence-electron chi connectivity index (χ0n) is 35.7. The van der Waals surface area contributed by atoms with Gasteiger partial charge in [-0.15, -0.1) is 11.8 Å². The van der Waals surface area contributed by atoms with E-state index >= 15 is 0 Å². The van der Waals surface area contributed by atoms with Crippen LogP contribution in [-0.2, 0) is 26.4 Å². The van der Waals surface area contributed by atoms with Gasteiger partial charge in [-0.1, -0.05) is 80.0 Å². The highest BCUT2D eigenvalue weighted by Gasteiger charge is 2.48. The van der Waals surface area contributed by atoms with Crippen LogP contribution in [0.25, 0.3) is 11.1 Å². The molecule has 10 nitrogen and oxygen atoms in total. The van der Waals surface area contributed by atoms with Gasteiger partial charge >= 0.3 is 5.51 Å². The van der Waals surface area contributed by atoms with Crippen molar-refractivity contribution in [1.29, 1.82) is 0 Å². The van der Waals surface area contributed by atoms with E-state index in [-0.39, 0.29) is 5.56 Å². The Morgan fingerprint density at radius 3 is 2.08 bits per heavy atom. The van der Waals surface area contributed by atoms with E-state index < -0.39 is 52.8 Å². The van der Waals surface area contributed by atoms with E-state index in [4.69, 9.17) is 11.6 Å². The van der Waals surface area contributed by atoms with Crippen molar-refractivity contribution in [1.82, 2.24) is 14.5 Å². The molecular weight excluding hydrogens is 903 g/mol. The molecule has 0 aliphatic carbocycles. The van der Waals surface area contributed by atoms with E-state index in [2.05, 4.69) is 46.0 Å². The summed E-state index contributed by atoms with van der Waals surface area (Å²) in [4.78, 5) is 18.9. The van der Waals surface area contributed by atoms with E-state index in [0.29, 0.717) is 42.9 Å². The monoisotopic (exact) mass is 955 g/mol. The second kappa shape index (κ2) is 22.1. The number of sulfone groups is 1. The molecule has 0 bridgehead atoms. The lowest BCUT2D eigenvalue weighted by Crippen LogP contribution is -2.46. The quantitative estimate of drug-likeness (QED) is 0.0731.